The fraction of sp³-hybridized carbons (Fsp3) is 1.00. The van der Waals surface area contributed by atoms with E-state index in [4.69, 9.17) is 16.2 Å². The van der Waals surface area contributed by atoms with Crippen LogP contribution in [0.4, 0.5) is 0 Å². The van der Waals surface area contributed by atoms with E-state index in [2.05, 4.69) is 11.2 Å². The van der Waals surface area contributed by atoms with Gasteiger partial charge in [0.25, 0.3) is 0 Å². The van der Waals surface area contributed by atoms with Crippen molar-refractivity contribution in [2.24, 2.45) is 0 Å². The second-order valence-corrected chi connectivity index (χ2v) is 5.19. The van der Waals surface area contributed by atoms with Crippen LogP contribution in [0, 0.1) is 0 Å². The van der Waals surface area contributed by atoms with Crippen molar-refractivity contribution in [3.8, 4) is 0 Å². The molecule has 0 bridgehead atoms. The number of halogens is 1. The first kappa shape index (κ1) is 9.62. The molecule has 0 amide bonds. The molecule has 1 unspecified atom stereocenters. The summed E-state index contributed by atoms with van der Waals surface area (Å²) in [5, 5.41) is 0. The van der Waals surface area contributed by atoms with Crippen LogP contribution in [0.5, 0.6) is 0 Å². The third-order valence-electron chi connectivity index (χ3n) is 0.786. The molecule has 0 spiro atoms. The van der Waals surface area contributed by atoms with Crippen LogP contribution in [-0.2, 0) is 20.0 Å². The highest BCUT2D eigenvalue weighted by Gasteiger charge is 1.97. The minimum Gasteiger partial charge on any atom is -0.306 e. The quantitative estimate of drug-likeness (QED) is 0.533. The lowest BCUT2D eigenvalue weighted by Gasteiger charge is -1.95. The standard InChI is InChI=1S/C4H9ClO2S2/c5-3-1-2-4-9(6,7)8/h1-4H2,(H,6,7,8). The SMILES string of the molecule is O=S(O)(=S)CCCCCl. The molecule has 0 aromatic carbocycles. The van der Waals surface area contributed by atoms with Gasteiger partial charge in [-0.25, -0.2) is 4.21 Å². The highest BCUT2D eigenvalue weighted by molar-refractivity contribution is 8.29. The van der Waals surface area contributed by atoms with E-state index in [9.17, 15) is 4.21 Å². The predicted molar refractivity (Wildman–Crippen MR) is 43.0 cm³/mol. The molecule has 0 heterocycles. The van der Waals surface area contributed by atoms with Crippen LogP contribution in [0.3, 0.4) is 0 Å². The number of hydrogen-bond acceptors (Lipinski definition) is 2. The van der Waals surface area contributed by atoms with E-state index in [-0.39, 0.29) is 5.75 Å². The highest BCUT2D eigenvalue weighted by atomic mass is 35.5. The fourth-order valence-corrected chi connectivity index (χ4v) is 1.49. The molecule has 2 nitrogen and oxygen atoms in total. The maximum Gasteiger partial charge on any atom is 0.141 e. The molecule has 0 fully saturated rings. The molecule has 0 saturated heterocycles. The second-order valence-electron chi connectivity index (χ2n) is 1.68. The molecule has 0 aromatic rings. The molecule has 0 aliphatic rings. The molecule has 0 aromatic heterocycles. The molecular formula is C4H9ClO2S2. The summed E-state index contributed by atoms with van der Waals surface area (Å²) in [6.45, 7) is 0. The number of unbranched alkanes of at least 4 members (excludes halogenated alkanes) is 1. The summed E-state index contributed by atoms with van der Waals surface area (Å²) < 4.78 is 18.9. The molecule has 0 saturated carbocycles. The van der Waals surface area contributed by atoms with E-state index >= 15 is 0 Å². The Hall–Kier alpha value is 0.620. The Morgan fingerprint density at radius 3 is 2.44 bits per heavy atom. The average Bonchev–Trinajstić information content (AvgIpc) is 1.63. The van der Waals surface area contributed by atoms with Crippen molar-refractivity contribution in [1.82, 2.24) is 0 Å². The minimum atomic E-state index is -2.92. The van der Waals surface area contributed by atoms with Crippen molar-refractivity contribution in [2.45, 2.75) is 12.8 Å². The van der Waals surface area contributed by atoms with Crippen molar-refractivity contribution in [3.05, 3.63) is 0 Å². The summed E-state index contributed by atoms with van der Waals surface area (Å²) in [6.07, 6.45) is 1.40. The molecule has 56 valence electrons. The second kappa shape index (κ2) is 4.44. The molecule has 0 aliphatic carbocycles. The van der Waals surface area contributed by atoms with Gasteiger partial charge in [0.1, 0.15) is 8.77 Å². The fourth-order valence-electron chi connectivity index (χ4n) is 0.379. The molecule has 0 radical (unpaired) electrons. The van der Waals surface area contributed by atoms with Gasteiger partial charge in [-0.3, -0.25) is 0 Å². The van der Waals surface area contributed by atoms with Crippen molar-refractivity contribution >= 4 is 31.6 Å². The van der Waals surface area contributed by atoms with Gasteiger partial charge >= 0.3 is 0 Å². The summed E-state index contributed by atoms with van der Waals surface area (Å²) in [6, 6.07) is 0. The average molecular weight is 189 g/mol. The van der Waals surface area contributed by atoms with Gasteiger partial charge in [-0.2, -0.15) is 0 Å². The zero-order valence-electron chi connectivity index (χ0n) is 4.88. The van der Waals surface area contributed by atoms with Crippen LogP contribution in [-0.4, -0.2) is 20.4 Å². The van der Waals surface area contributed by atoms with E-state index in [1.165, 1.54) is 0 Å². The highest BCUT2D eigenvalue weighted by Crippen LogP contribution is 1.95. The molecule has 0 rings (SSSR count). The monoisotopic (exact) mass is 188 g/mol. The van der Waals surface area contributed by atoms with E-state index in [0.29, 0.717) is 12.3 Å². The predicted octanol–water partition coefficient (Wildman–Crippen LogP) is 1.22. The maximum atomic E-state index is 10.4. The normalized spacial score (nSPS) is 17.1. The largest absolute Gasteiger partial charge is 0.306 e. The lowest BCUT2D eigenvalue weighted by Crippen LogP contribution is -2.01. The van der Waals surface area contributed by atoms with Crippen molar-refractivity contribution in [2.75, 3.05) is 11.6 Å². The van der Waals surface area contributed by atoms with Crippen molar-refractivity contribution in [1.29, 1.82) is 0 Å². The van der Waals surface area contributed by atoms with Gasteiger partial charge in [0.05, 0.1) is 0 Å². The van der Waals surface area contributed by atoms with Crippen LogP contribution in [0.25, 0.3) is 0 Å². The summed E-state index contributed by atoms with van der Waals surface area (Å²) in [7, 11) is -2.92. The molecule has 0 aliphatic heterocycles. The smallest absolute Gasteiger partial charge is 0.141 e. The van der Waals surface area contributed by atoms with Gasteiger partial charge in [-0.15, -0.1) is 11.6 Å². The Morgan fingerprint density at radius 2 is 2.11 bits per heavy atom. The molecular weight excluding hydrogens is 180 g/mol. The number of rotatable bonds is 4. The van der Waals surface area contributed by atoms with Crippen LogP contribution >= 0.6 is 11.6 Å². The first-order chi connectivity index (χ1) is 4.06. The topological polar surface area (TPSA) is 37.3 Å². The third-order valence-corrected chi connectivity index (χ3v) is 2.36. The maximum absolute atomic E-state index is 10.4. The molecule has 9 heavy (non-hydrogen) atoms. The Morgan fingerprint density at radius 1 is 1.56 bits per heavy atom. The van der Waals surface area contributed by atoms with Gasteiger partial charge in [0.2, 0.25) is 0 Å². The van der Waals surface area contributed by atoms with Crippen LogP contribution in [0.1, 0.15) is 12.8 Å². The van der Waals surface area contributed by atoms with Crippen LogP contribution < -0.4 is 0 Å². The molecule has 1 N–H and O–H groups in total. The Labute approximate surface area is 65.1 Å². The van der Waals surface area contributed by atoms with Gasteiger partial charge in [0.15, 0.2) is 0 Å². The molecule has 1 atom stereocenters. The summed E-state index contributed by atoms with van der Waals surface area (Å²) >= 11 is 9.56. The lowest BCUT2D eigenvalue weighted by molar-refractivity contribution is 0.558. The van der Waals surface area contributed by atoms with Gasteiger partial charge < -0.3 is 4.55 Å². The van der Waals surface area contributed by atoms with Gasteiger partial charge in [0, 0.05) is 22.8 Å². The first-order valence-electron chi connectivity index (χ1n) is 2.57. The number of hydrogen-bond donors (Lipinski definition) is 1. The van der Waals surface area contributed by atoms with Crippen LogP contribution in [0.15, 0.2) is 0 Å². The van der Waals surface area contributed by atoms with Crippen molar-refractivity contribution < 1.29 is 8.76 Å². The molecule has 5 heteroatoms. The van der Waals surface area contributed by atoms with E-state index in [1.54, 1.807) is 0 Å². The Balaban J connectivity index is 3.30. The van der Waals surface area contributed by atoms with Crippen molar-refractivity contribution in [3.63, 3.8) is 0 Å². The third kappa shape index (κ3) is 8.62. The van der Waals surface area contributed by atoms with E-state index in [1.807, 2.05) is 0 Å². The first-order valence-corrected chi connectivity index (χ1v) is 5.72. The summed E-state index contributed by atoms with van der Waals surface area (Å²) in [4.78, 5) is 0. The Bertz CT molecular complexity index is 152. The van der Waals surface area contributed by atoms with E-state index < -0.39 is 8.77 Å². The van der Waals surface area contributed by atoms with E-state index in [0.717, 1.165) is 6.42 Å². The summed E-state index contributed by atoms with van der Waals surface area (Å²) in [5.74, 6) is 0.722. The minimum absolute atomic E-state index is 0.190. The van der Waals surface area contributed by atoms with Crippen LogP contribution in [0.2, 0.25) is 0 Å². The zero-order valence-corrected chi connectivity index (χ0v) is 7.27. The summed E-state index contributed by atoms with van der Waals surface area (Å²) in [5.41, 5.74) is 0. The van der Waals surface area contributed by atoms with Gasteiger partial charge in [-0.1, -0.05) is 0 Å². The van der Waals surface area contributed by atoms with Gasteiger partial charge in [-0.05, 0) is 12.8 Å². The number of alkyl halides is 1. The Kier molecular flexibility index (Phi) is 4.74. The zero-order chi connectivity index (χ0) is 7.33. The lowest BCUT2D eigenvalue weighted by atomic mass is 10.4.